The minimum Gasteiger partial charge on any atom is -0.497 e. The first-order chi connectivity index (χ1) is 52.5. The summed E-state index contributed by atoms with van der Waals surface area (Å²) < 4.78 is 27.2. The highest BCUT2D eigenvalue weighted by molar-refractivity contribution is 7.00. The van der Waals surface area contributed by atoms with E-state index in [1.807, 2.05) is 24.3 Å². The third-order valence-electron chi connectivity index (χ3n) is 22.9. The molecule has 0 radical (unpaired) electrons. The van der Waals surface area contributed by atoms with Gasteiger partial charge in [-0.3, -0.25) is 0 Å². The highest BCUT2D eigenvalue weighted by Gasteiger charge is 2.46. The SMILES string of the molecule is COc1cccc(-c2cccc(-c3cccc(OC)c3)c2N2c3ccc(-c4cc(C(C)(C)C)cc(C(C)(C)C)c4)cc3B3c4cc(-c5cc(C(C)(C)C)cc(C(C)(C)C)c5)ccc4N(c4c(-c5cccc(OC)c5)cccc4-c4cccc(OC)c4)c4cc(-n5c6ccccc6c6cc(C(C)(C)C)ccc65)cc2c43)c1. The largest absolute Gasteiger partial charge is 0.497 e. The topological polar surface area (TPSA) is 48.3 Å². The second kappa shape index (κ2) is 27.3. The number of nitrogens with zero attached hydrogens (tertiary/aromatic N) is 3. The summed E-state index contributed by atoms with van der Waals surface area (Å²) in [6.07, 6.45) is 0. The molecule has 13 aromatic carbocycles. The molecular formula is C102H100BN3O4. The van der Waals surface area contributed by atoms with Crippen molar-refractivity contribution in [3.8, 4) is 95.4 Å². The predicted octanol–water partition coefficient (Wildman–Crippen LogP) is 25.4. The molecule has 0 saturated heterocycles. The molecule has 0 spiro atoms. The van der Waals surface area contributed by atoms with Gasteiger partial charge in [-0.15, -0.1) is 0 Å². The van der Waals surface area contributed by atoms with Gasteiger partial charge in [0.1, 0.15) is 23.0 Å². The number of hydrogen-bond donors (Lipinski definition) is 0. The molecule has 0 aliphatic carbocycles. The molecule has 0 bridgehead atoms. The number of anilines is 6. The molecule has 0 N–H and O–H groups in total. The van der Waals surface area contributed by atoms with Crippen LogP contribution in [-0.4, -0.2) is 39.7 Å². The maximum absolute atomic E-state index is 6.17. The zero-order valence-electron chi connectivity index (χ0n) is 67.4. The zero-order valence-corrected chi connectivity index (χ0v) is 67.4. The number of rotatable bonds is 13. The average molecular weight is 1440 g/mol. The molecule has 2 aliphatic heterocycles. The lowest BCUT2D eigenvalue weighted by Crippen LogP contribution is -2.61. The Labute approximate surface area is 651 Å². The van der Waals surface area contributed by atoms with Crippen molar-refractivity contribution in [2.45, 2.75) is 131 Å². The van der Waals surface area contributed by atoms with Crippen LogP contribution >= 0.6 is 0 Å². The monoisotopic (exact) mass is 1440 g/mol. The van der Waals surface area contributed by atoms with E-state index in [1.165, 1.54) is 60.6 Å². The van der Waals surface area contributed by atoms with Crippen molar-refractivity contribution in [3.05, 3.63) is 289 Å². The number of benzene rings is 13. The molecule has 16 rings (SSSR count). The van der Waals surface area contributed by atoms with E-state index in [4.69, 9.17) is 18.9 Å². The van der Waals surface area contributed by atoms with Crippen molar-refractivity contribution in [3.63, 3.8) is 0 Å². The number of ether oxygens (including phenoxy) is 4. The lowest BCUT2D eigenvalue weighted by atomic mass is 9.33. The normalized spacial score (nSPS) is 13.0. The summed E-state index contributed by atoms with van der Waals surface area (Å²) in [6.45, 7) is 34.7. The van der Waals surface area contributed by atoms with Crippen molar-refractivity contribution in [2.24, 2.45) is 0 Å². The smallest absolute Gasteiger partial charge is 0.252 e. The van der Waals surface area contributed by atoms with Gasteiger partial charge in [-0.2, -0.15) is 0 Å². The molecule has 0 saturated carbocycles. The summed E-state index contributed by atoms with van der Waals surface area (Å²) in [5, 5.41) is 2.38. The number of hydrogen-bond acceptors (Lipinski definition) is 6. The Bertz CT molecular complexity index is 5490. The van der Waals surface area contributed by atoms with E-state index in [2.05, 4.69) is 355 Å². The zero-order chi connectivity index (χ0) is 77.3. The Morgan fingerprint density at radius 1 is 0.255 bits per heavy atom. The Hall–Kier alpha value is -11.5. The molecule has 8 heteroatoms. The van der Waals surface area contributed by atoms with Gasteiger partial charge < -0.3 is 33.3 Å². The first-order valence-electron chi connectivity index (χ1n) is 38.8. The average Bonchev–Trinajstić information content (AvgIpc) is 0.814. The second-order valence-electron chi connectivity index (χ2n) is 35.3. The van der Waals surface area contributed by atoms with Gasteiger partial charge in [0.05, 0.1) is 56.5 Å². The first-order valence-corrected chi connectivity index (χ1v) is 38.8. The molecule has 1 aromatic heterocycles. The molecule has 7 nitrogen and oxygen atoms in total. The summed E-state index contributed by atoms with van der Waals surface area (Å²) in [5.41, 5.74) is 31.6. The Kier molecular flexibility index (Phi) is 18.0. The molecule has 110 heavy (non-hydrogen) atoms. The summed E-state index contributed by atoms with van der Waals surface area (Å²) >= 11 is 0. The minimum absolute atomic E-state index is 0.105. The fourth-order valence-corrected chi connectivity index (χ4v) is 16.7. The van der Waals surface area contributed by atoms with Crippen molar-refractivity contribution >= 4 is 79.0 Å². The quantitative estimate of drug-likeness (QED) is 0.107. The van der Waals surface area contributed by atoms with Gasteiger partial charge in [-0.25, -0.2) is 0 Å². The molecule has 0 fully saturated rings. The number of aromatic nitrogens is 1. The van der Waals surface area contributed by atoms with Crippen LogP contribution < -0.4 is 45.1 Å². The summed E-state index contributed by atoms with van der Waals surface area (Å²) in [4.78, 5) is 5.29. The minimum atomic E-state index is -0.367. The summed E-state index contributed by atoms with van der Waals surface area (Å²) in [7, 11) is 7.04. The predicted molar refractivity (Wildman–Crippen MR) is 467 cm³/mol. The van der Waals surface area contributed by atoms with Crippen LogP contribution in [0.1, 0.15) is 132 Å². The first kappa shape index (κ1) is 72.7. The summed E-state index contributed by atoms with van der Waals surface area (Å²) in [5.74, 6) is 3.07. The highest BCUT2D eigenvalue weighted by atomic mass is 16.5. The molecule has 0 unspecified atom stereocenters. The van der Waals surface area contributed by atoms with Gasteiger partial charge in [-0.1, -0.05) is 274 Å². The van der Waals surface area contributed by atoms with E-state index in [-0.39, 0.29) is 33.8 Å². The van der Waals surface area contributed by atoms with E-state index in [1.54, 1.807) is 28.4 Å². The van der Waals surface area contributed by atoms with Crippen molar-refractivity contribution < 1.29 is 18.9 Å². The number of methoxy groups -OCH3 is 4. The third kappa shape index (κ3) is 13.0. The Morgan fingerprint density at radius 2 is 0.600 bits per heavy atom. The van der Waals surface area contributed by atoms with Gasteiger partial charge in [0, 0.05) is 55.8 Å². The van der Waals surface area contributed by atoms with Crippen LogP contribution in [0, 0.1) is 0 Å². The third-order valence-corrected chi connectivity index (χ3v) is 22.9. The van der Waals surface area contributed by atoms with Gasteiger partial charge in [0.2, 0.25) is 0 Å². The van der Waals surface area contributed by atoms with Crippen molar-refractivity contribution in [1.29, 1.82) is 0 Å². The van der Waals surface area contributed by atoms with Crippen molar-refractivity contribution in [2.75, 3.05) is 38.2 Å². The van der Waals surface area contributed by atoms with E-state index >= 15 is 0 Å². The van der Waals surface area contributed by atoms with Gasteiger partial charge in [0.15, 0.2) is 0 Å². The second-order valence-corrected chi connectivity index (χ2v) is 35.3. The standard InChI is InChI=1S/C102H100BN3O4/c1-98(2,3)71-44-47-90-86(60-71)85-36-20-21-41-89(85)104(90)76-61-93-95-94(62-76)106(97-83(67-30-24-34-79(54-67)109-18)39-27-40-84(97)68-31-25-35-80(55-68)110-19)92-46-43-64(70-50-74(101(10,11)12)59-75(51-70)102(13,14)15)57-88(92)103(95)87-56-63(69-48-72(99(4,5)6)58-73(49-69)100(7,8)9)42-45-91(87)105(93)96-81(65-28-22-32-77(52-65)107-16)37-26-38-82(96)66-29-23-33-78(53-66)108-17/h20-62H,1-19H3. The van der Waals surface area contributed by atoms with Crippen LogP contribution in [0.15, 0.2) is 261 Å². The van der Waals surface area contributed by atoms with Gasteiger partial charge >= 0.3 is 0 Å². The number of fused-ring (bicyclic) bond motifs is 7. The van der Waals surface area contributed by atoms with Crippen LogP contribution in [0.2, 0.25) is 0 Å². The van der Waals surface area contributed by atoms with E-state index < -0.39 is 0 Å². The van der Waals surface area contributed by atoms with Crippen molar-refractivity contribution in [1.82, 2.24) is 4.57 Å². The van der Waals surface area contributed by atoms with Crippen LogP contribution in [0.5, 0.6) is 23.0 Å². The lowest BCUT2D eigenvalue weighted by molar-refractivity contribution is 0.415. The molecule has 550 valence electrons. The lowest BCUT2D eigenvalue weighted by Gasteiger charge is -2.46. The molecule has 2 aliphatic rings. The fraction of sp³-hybridized carbons (Fsp3) is 0.235. The fourth-order valence-electron chi connectivity index (χ4n) is 16.7. The van der Waals surface area contributed by atoms with Crippen LogP contribution in [0.3, 0.4) is 0 Å². The molecule has 14 aromatic rings. The van der Waals surface area contributed by atoms with E-state index in [9.17, 15) is 0 Å². The maximum atomic E-state index is 6.17. The van der Waals surface area contributed by atoms with E-state index in [0.29, 0.717) is 0 Å². The van der Waals surface area contributed by atoms with Crippen LogP contribution in [0.25, 0.3) is 94.3 Å². The van der Waals surface area contributed by atoms with Crippen LogP contribution in [-0.2, 0) is 27.1 Å². The van der Waals surface area contributed by atoms with Gasteiger partial charge in [-0.05, 0) is 207 Å². The molecule has 0 atom stereocenters. The highest BCUT2D eigenvalue weighted by Crippen LogP contribution is 2.55. The Morgan fingerprint density at radius 3 is 0.955 bits per heavy atom. The molecule has 3 heterocycles. The number of para-hydroxylation sites is 3. The maximum Gasteiger partial charge on any atom is 0.252 e. The summed E-state index contributed by atoms with van der Waals surface area (Å²) in [6, 6.07) is 98.6. The van der Waals surface area contributed by atoms with E-state index in [0.717, 1.165) is 135 Å². The molecule has 0 amide bonds. The Balaban J connectivity index is 1.14. The van der Waals surface area contributed by atoms with Gasteiger partial charge in [0.25, 0.3) is 6.71 Å². The molecular weight excluding hydrogens is 1340 g/mol. The van der Waals surface area contributed by atoms with Crippen LogP contribution in [0.4, 0.5) is 34.1 Å².